The van der Waals surface area contributed by atoms with Crippen molar-refractivity contribution in [2.75, 3.05) is 25.0 Å². The Balaban J connectivity index is 1.43. The third-order valence-corrected chi connectivity index (χ3v) is 5.15. The monoisotopic (exact) mass is 403 g/mol. The lowest BCUT2D eigenvalue weighted by Crippen LogP contribution is -2.67. The highest BCUT2D eigenvalue weighted by molar-refractivity contribution is 5.89. The van der Waals surface area contributed by atoms with Crippen molar-refractivity contribution in [3.8, 4) is 0 Å². The maximum Gasteiger partial charge on any atom is 0.321 e. The molecule has 7 N–H and O–H groups in total. The average molecular weight is 404 g/mol. The Hall–Kier alpha value is -2.20. The van der Waals surface area contributed by atoms with Gasteiger partial charge in [0.1, 0.15) is 6.29 Å². The lowest BCUT2D eigenvalue weighted by molar-refractivity contribution is -0.118. The molecule has 3 unspecified atom stereocenters. The van der Waals surface area contributed by atoms with Gasteiger partial charge in [-0.3, -0.25) is 15.4 Å². The zero-order valence-corrected chi connectivity index (χ0v) is 17.2. The highest BCUT2D eigenvalue weighted by Gasteiger charge is 2.25. The third-order valence-electron chi connectivity index (χ3n) is 5.15. The van der Waals surface area contributed by atoms with E-state index in [1.54, 1.807) is 0 Å². The molecule has 0 saturated carbocycles. The Bertz CT molecular complexity index is 712. The molecule has 0 aromatic heterocycles. The summed E-state index contributed by atoms with van der Waals surface area (Å²) in [5.74, 6) is -0.0101. The third kappa shape index (κ3) is 6.97. The number of anilines is 1. The van der Waals surface area contributed by atoms with E-state index in [0.29, 0.717) is 6.54 Å². The Morgan fingerprint density at radius 1 is 1.17 bits per heavy atom. The summed E-state index contributed by atoms with van der Waals surface area (Å²) < 4.78 is 0. The average Bonchev–Trinajstić information content (AvgIpc) is 2.67. The Kier molecular flexibility index (Phi) is 7.82. The molecule has 3 rings (SSSR count). The largest absolute Gasteiger partial charge is 0.356 e. The molecule has 2 aliphatic heterocycles. The van der Waals surface area contributed by atoms with Gasteiger partial charge in [0.15, 0.2) is 0 Å². The molecule has 2 heterocycles. The van der Waals surface area contributed by atoms with E-state index in [-0.39, 0.29) is 30.4 Å². The van der Waals surface area contributed by atoms with Gasteiger partial charge in [0.25, 0.3) is 0 Å². The van der Waals surface area contributed by atoms with Crippen LogP contribution in [0.5, 0.6) is 0 Å². The van der Waals surface area contributed by atoms with E-state index in [1.165, 1.54) is 18.1 Å². The van der Waals surface area contributed by atoms with Crippen LogP contribution in [0.4, 0.5) is 10.5 Å². The Morgan fingerprint density at radius 3 is 2.86 bits per heavy atom. The molecule has 1 aromatic carbocycles. The van der Waals surface area contributed by atoms with Crippen LogP contribution in [0.15, 0.2) is 18.2 Å². The molecule has 9 nitrogen and oxygen atoms in total. The van der Waals surface area contributed by atoms with Gasteiger partial charge in [-0.2, -0.15) is 0 Å². The van der Waals surface area contributed by atoms with Gasteiger partial charge in [-0.25, -0.2) is 4.79 Å². The highest BCUT2D eigenvalue weighted by Crippen LogP contribution is 2.18. The Morgan fingerprint density at radius 2 is 2.03 bits per heavy atom. The van der Waals surface area contributed by atoms with Crippen molar-refractivity contribution in [3.63, 3.8) is 0 Å². The molecule has 160 valence electrons. The van der Waals surface area contributed by atoms with E-state index in [1.807, 2.05) is 12.1 Å². The lowest BCUT2D eigenvalue weighted by atomic mass is 10.0. The minimum absolute atomic E-state index is 0.0101. The summed E-state index contributed by atoms with van der Waals surface area (Å²) in [5, 5.41) is 22.1. The van der Waals surface area contributed by atoms with Gasteiger partial charge in [-0.05, 0) is 62.5 Å². The molecule has 0 aliphatic carbocycles. The summed E-state index contributed by atoms with van der Waals surface area (Å²) in [6, 6.07) is 6.08. The first-order valence-corrected chi connectivity index (χ1v) is 10.4. The fourth-order valence-corrected chi connectivity index (χ4v) is 3.73. The van der Waals surface area contributed by atoms with E-state index >= 15 is 0 Å². The number of carbonyl (C=O) groups is 2. The smallest absolute Gasteiger partial charge is 0.321 e. The number of carbonyl (C=O) groups excluding carboxylic acids is 2. The second-order valence-corrected chi connectivity index (χ2v) is 7.76. The zero-order valence-electron chi connectivity index (χ0n) is 17.2. The van der Waals surface area contributed by atoms with Crippen LogP contribution in [0, 0.1) is 0 Å². The summed E-state index contributed by atoms with van der Waals surface area (Å²) >= 11 is 0. The minimum atomic E-state index is -0.328. The van der Waals surface area contributed by atoms with Crippen LogP contribution in [0.1, 0.15) is 37.8 Å². The first-order valence-electron chi connectivity index (χ1n) is 10.4. The van der Waals surface area contributed by atoms with Gasteiger partial charge in [-0.15, -0.1) is 0 Å². The van der Waals surface area contributed by atoms with E-state index < -0.39 is 0 Å². The van der Waals surface area contributed by atoms with Gasteiger partial charge >= 0.3 is 6.03 Å². The second kappa shape index (κ2) is 10.5. The number of fused-ring (bicyclic) bond motifs is 1. The van der Waals surface area contributed by atoms with Crippen molar-refractivity contribution in [1.82, 2.24) is 31.9 Å². The molecule has 1 saturated heterocycles. The molecular weight excluding hydrogens is 370 g/mol. The molecule has 1 fully saturated rings. The summed E-state index contributed by atoms with van der Waals surface area (Å²) in [5.41, 5.74) is 3.37. The SMILES string of the molecule is CC(=O)NCCCNC1CC(C)NC(NC(=O)Nc2ccc3c(c2)CNCC3)N1. The number of rotatable bonds is 7. The summed E-state index contributed by atoms with van der Waals surface area (Å²) in [6.07, 6.45) is 2.53. The van der Waals surface area contributed by atoms with Gasteiger partial charge < -0.3 is 26.6 Å². The topological polar surface area (TPSA) is 118 Å². The summed E-state index contributed by atoms with van der Waals surface area (Å²) in [6.45, 7) is 6.89. The van der Waals surface area contributed by atoms with Gasteiger partial charge in [0, 0.05) is 31.7 Å². The summed E-state index contributed by atoms with van der Waals surface area (Å²) in [4.78, 5) is 23.3. The number of hydrogen-bond acceptors (Lipinski definition) is 6. The van der Waals surface area contributed by atoms with Gasteiger partial charge in [0.2, 0.25) is 5.91 Å². The molecule has 0 spiro atoms. The van der Waals surface area contributed by atoms with Crippen molar-refractivity contribution < 1.29 is 9.59 Å². The molecule has 29 heavy (non-hydrogen) atoms. The number of benzene rings is 1. The fourth-order valence-electron chi connectivity index (χ4n) is 3.73. The van der Waals surface area contributed by atoms with Crippen molar-refractivity contribution in [3.05, 3.63) is 29.3 Å². The van der Waals surface area contributed by atoms with Crippen molar-refractivity contribution in [2.45, 2.75) is 58.2 Å². The zero-order chi connectivity index (χ0) is 20.6. The van der Waals surface area contributed by atoms with Crippen LogP contribution in [0.2, 0.25) is 0 Å². The van der Waals surface area contributed by atoms with E-state index in [2.05, 4.69) is 50.2 Å². The normalized spacial score (nSPS) is 23.7. The van der Waals surface area contributed by atoms with Crippen LogP contribution < -0.4 is 37.2 Å². The number of nitrogens with one attached hydrogen (secondary N) is 7. The van der Waals surface area contributed by atoms with Crippen LogP contribution in [-0.2, 0) is 17.8 Å². The minimum Gasteiger partial charge on any atom is -0.356 e. The van der Waals surface area contributed by atoms with Gasteiger partial charge in [-0.1, -0.05) is 6.07 Å². The van der Waals surface area contributed by atoms with E-state index in [0.717, 1.165) is 44.6 Å². The first kappa shape index (κ1) is 21.5. The molecule has 1 aromatic rings. The number of urea groups is 1. The van der Waals surface area contributed by atoms with Crippen molar-refractivity contribution in [2.24, 2.45) is 0 Å². The highest BCUT2D eigenvalue weighted by atomic mass is 16.2. The van der Waals surface area contributed by atoms with Crippen LogP contribution in [0.25, 0.3) is 0 Å². The molecule has 0 radical (unpaired) electrons. The number of hydrogen-bond donors (Lipinski definition) is 7. The molecule has 3 atom stereocenters. The lowest BCUT2D eigenvalue weighted by Gasteiger charge is -2.36. The predicted molar refractivity (Wildman–Crippen MR) is 113 cm³/mol. The molecule has 9 heteroatoms. The standard InChI is InChI=1S/C20H33N7O2/c1-13-10-18(23-8-3-7-22-14(2)28)26-19(24-13)27-20(29)25-17-5-4-15-6-9-21-12-16(15)11-17/h4-5,11,13,18-19,21,23-24,26H,3,6-10,12H2,1-2H3,(H,22,28)(H2,25,27,29). The van der Waals surface area contributed by atoms with E-state index in [4.69, 9.17) is 0 Å². The van der Waals surface area contributed by atoms with Crippen LogP contribution >= 0.6 is 0 Å². The quantitative estimate of drug-likeness (QED) is 0.326. The fraction of sp³-hybridized carbons (Fsp3) is 0.600. The molecule has 2 aliphatic rings. The predicted octanol–water partition coefficient (Wildman–Crippen LogP) is 0.151. The number of amides is 3. The van der Waals surface area contributed by atoms with Crippen molar-refractivity contribution in [1.29, 1.82) is 0 Å². The molecule has 3 amide bonds. The first-order chi connectivity index (χ1) is 14.0. The van der Waals surface area contributed by atoms with Crippen LogP contribution in [-0.4, -0.2) is 50.1 Å². The van der Waals surface area contributed by atoms with Crippen LogP contribution in [0.3, 0.4) is 0 Å². The molecular formula is C20H33N7O2. The maximum absolute atomic E-state index is 12.4. The van der Waals surface area contributed by atoms with Crippen molar-refractivity contribution >= 4 is 17.6 Å². The van der Waals surface area contributed by atoms with E-state index in [9.17, 15) is 9.59 Å². The summed E-state index contributed by atoms with van der Waals surface area (Å²) in [7, 11) is 0. The van der Waals surface area contributed by atoms with Gasteiger partial charge in [0.05, 0.1) is 6.17 Å². The molecule has 0 bridgehead atoms. The second-order valence-electron chi connectivity index (χ2n) is 7.76. The Labute approximate surface area is 172 Å². The maximum atomic E-state index is 12.4.